The predicted molar refractivity (Wildman–Crippen MR) is 198 cm³/mol. The van der Waals surface area contributed by atoms with E-state index in [4.69, 9.17) is 0 Å². The summed E-state index contributed by atoms with van der Waals surface area (Å²) < 4.78 is 0. The summed E-state index contributed by atoms with van der Waals surface area (Å²) in [5, 5.41) is 6.18. The van der Waals surface area contributed by atoms with Crippen LogP contribution in [0.3, 0.4) is 0 Å². The lowest BCUT2D eigenvalue weighted by Gasteiger charge is -2.33. The summed E-state index contributed by atoms with van der Waals surface area (Å²) in [6.45, 7) is 4.99. The minimum Gasteiger partial charge on any atom is -0.377 e. The third-order valence-corrected chi connectivity index (χ3v) is 9.90. The monoisotopic (exact) mass is 682 g/mol. The Kier molecular flexibility index (Phi) is 15.0. The molecule has 49 heavy (non-hydrogen) atoms. The number of thioether (sulfide) groups is 1. The van der Waals surface area contributed by atoms with Crippen molar-refractivity contribution in [1.29, 1.82) is 0 Å². The van der Waals surface area contributed by atoms with E-state index in [9.17, 15) is 19.2 Å². The second-order valence-electron chi connectivity index (χ2n) is 12.6. The maximum absolute atomic E-state index is 14.4. The Hall–Kier alpha value is -4.37. The molecule has 0 bridgehead atoms. The number of nitrogens with zero attached hydrogens (tertiary/aromatic N) is 2. The molecule has 1 aliphatic rings. The Labute approximate surface area is 295 Å². The highest BCUT2D eigenvalue weighted by molar-refractivity contribution is 8.12. The zero-order valence-corrected chi connectivity index (χ0v) is 29.8. The van der Waals surface area contributed by atoms with Crippen LogP contribution in [-0.4, -0.2) is 70.9 Å². The van der Waals surface area contributed by atoms with Crippen LogP contribution >= 0.6 is 11.8 Å². The molecule has 3 atom stereocenters. The number of carbonyl (C=O) groups is 4. The van der Waals surface area contributed by atoms with Crippen molar-refractivity contribution in [2.45, 2.75) is 82.7 Å². The standard InChI is InChI=1S/C40H50N4O4S/c1-4-34(24-23-31-17-9-5-10-18-31)42-35(28-37(45)49-29-33-21-13-7-14-22-33)40(48)43(3)36(27-32-19-11-6-12-20-32)38(46)41-30(2)39(47)44-25-15-8-16-26-44/h4-7,9-14,17-22,30,35-36,42H,8,15-16,23-29H2,1-3H3,(H,41,46)/t30-,35-,36-/m0/s1. The van der Waals surface area contributed by atoms with Gasteiger partial charge in [0.1, 0.15) is 18.1 Å². The summed E-state index contributed by atoms with van der Waals surface area (Å²) in [6, 6.07) is 26.9. The first-order chi connectivity index (χ1) is 23.7. The summed E-state index contributed by atoms with van der Waals surface area (Å²) in [6.07, 6.45) is 6.58. The van der Waals surface area contributed by atoms with Gasteiger partial charge in [-0.05, 0) is 62.6 Å². The maximum Gasteiger partial charge on any atom is 0.245 e. The van der Waals surface area contributed by atoms with Crippen molar-refractivity contribution in [3.05, 3.63) is 119 Å². The van der Waals surface area contributed by atoms with E-state index in [-0.39, 0.29) is 29.8 Å². The van der Waals surface area contributed by atoms with Gasteiger partial charge in [0.25, 0.3) is 0 Å². The topological polar surface area (TPSA) is 98.8 Å². The summed E-state index contributed by atoms with van der Waals surface area (Å²) in [4.78, 5) is 58.2. The fourth-order valence-corrected chi connectivity index (χ4v) is 6.82. The molecule has 1 fully saturated rings. The SMILES string of the molecule is CC=C(CCc1ccccc1)N[C@@H](CC(=O)SCc1ccccc1)C(=O)N(C)[C@@H](Cc1ccccc1)C(=O)N[C@@H](C)C(=O)N1CCCCC1. The van der Waals surface area contributed by atoms with Gasteiger partial charge in [0, 0.05) is 44.4 Å². The van der Waals surface area contributed by atoms with Crippen LogP contribution in [0.1, 0.15) is 62.6 Å². The number of nitrogens with one attached hydrogen (secondary N) is 2. The number of benzene rings is 3. The van der Waals surface area contributed by atoms with E-state index in [1.807, 2.05) is 96.8 Å². The number of allylic oxidation sites excluding steroid dienone is 2. The first kappa shape index (κ1) is 37.4. The third kappa shape index (κ3) is 11.9. The van der Waals surface area contributed by atoms with Crippen molar-refractivity contribution in [3.8, 4) is 0 Å². The number of likely N-dealkylation sites (N-methyl/N-ethyl adjacent to an activating group) is 1. The van der Waals surface area contributed by atoms with Gasteiger partial charge in [0.15, 0.2) is 5.12 Å². The minimum absolute atomic E-state index is 0.0487. The molecule has 0 aliphatic carbocycles. The molecule has 0 aromatic heterocycles. The second kappa shape index (κ2) is 19.6. The van der Waals surface area contributed by atoms with E-state index >= 15 is 0 Å². The molecule has 1 aliphatic heterocycles. The molecule has 260 valence electrons. The predicted octanol–water partition coefficient (Wildman–Crippen LogP) is 5.92. The van der Waals surface area contributed by atoms with Crippen LogP contribution in [0.2, 0.25) is 0 Å². The van der Waals surface area contributed by atoms with E-state index in [1.165, 1.54) is 22.2 Å². The molecule has 1 saturated heterocycles. The van der Waals surface area contributed by atoms with Crippen LogP contribution in [0.5, 0.6) is 0 Å². The fraction of sp³-hybridized carbons (Fsp3) is 0.400. The van der Waals surface area contributed by atoms with Crippen molar-refractivity contribution in [2.75, 3.05) is 20.1 Å². The molecule has 0 spiro atoms. The molecule has 0 unspecified atom stereocenters. The van der Waals surface area contributed by atoms with Crippen molar-refractivity contribution < 1.29 is 19.2 Å². The van der Waals surface area contributed by atoms with Crippen molar-refractivity contribution in [3.63, 3.8) is 0 Å². The molecule has 4 rings (SSSR count). The minimum atomic E-state index is -0.902. The Morgan fingerprint density at radius 3 is 1.98 bits per heavy atom. The van der Waals surface area contributed by atoms with Crippen molar-refractivity contribution >= 4 is 34.6 Å². The Morgan fingerprint density at radius 2 is 1.39 bits per heavy atom. The number of rotatable bonds is 16. The first-order valence-electron chi connectivity index (χ1n) is 17.3. The molecule has 3 aromatic carbocycles. The quantitative estimate of drug-likeness (QED) is 0.195. The molecule has 8 nitrogen and oxygen atoms in total. The molecule has 2 N–H and O–H groups in total. The first-order valence-corrected chi connectivity index (χ1v) is 18.3. The lowest BCUT2D eigenvalue weighted by molar-refractivity contribution is -0.142. The number of likely N-dealkylation sites (tertiary alicyclic amines) is 1. The van der Waals surface area contributed by atoms with Gasteiger partial charge in [0.05, 0.1) is 0 Å². The molecule has 9 heteroatoms. The zero-order valence-electron chi connectivity index (χ0n) is 29.0. The van der Waals surface area contributed by atoms with Gasteiger partial charge in [-0.15, -0.1) is 0 Å². The van der Waals surface area contributed by atoms with E-state index in [1.54, 1.807) is 14.0 Å². The van der Waals surface area contributed by atoms with Crippen LogP contribution in [0.4, 0.5) is 0 Å². The smallest absolute Gasteiger partial charge is 0.245 e. The van der Waals surface area contributed by atoms with Gasteiger partial charge < -0.3 is 20.4 Å². The van der Waals surface area contributed by atoms with Gasteiger partial charge in [-0.2, -0.15) is 0 Å². The third-order valence-electron chi connectivity index (χ3n) is 8.93. The number of amides is 3. The zero-order chi connectivity index (χ0) is 35.0. The number of piperidine rings is 1. The number of carbonyl (C=O) groups excluding carboxylic acids is 4. The van der Waals surface area contributed by atoms with E-state index < -0.39 is 24.0 Å². The average Bonchev–Trinajstić information content (AvgIpc) is 3.14. The Bertz CT molecular complexity index is 1530. The molecule has 0 radical (unpaired) electrons. The largest absolute Gasteiger partial charge is 0.377 e. The molecular formula is C40H50N4O4S. The van der Waals surface area contributed by atoms with Gasteiger partial charge >= 0.3 is 0 Å². The van der Waals surface area contributed by atoms with E-state index in [0.717, 1.165) is 42.5 Å². The van der Waals surface area contributed by atoms with Gasteiger partial charge in [-0.25, -0.2) is 0 Å². The summed E-state index contributed by atoms with van der Waals surface area (Å²) in [5.41, 5.74) is 3.93. The highest BCUT2D eigenvalue weighted by atomic mass is 32.2. The van der Waals surface area contributed by atoms with Crippen LogP contribution in [0.25, 0.3) is 0 Å². The molecular weight excluding hydrogens is 633 g/mol. The number of hydrogen-bond donors (Lipinski definition) is 2. The molecule has 3 amide bonds. The van der Waals surface area contributed by atoms with Gasteiger partial charge in [-0.3, -0.25) is 19.2 Å². The summed E-state index contributed by atoms with van der Waals surface area (Å²) >= 11 is 1.18. The van der Waals surface area contributed by atoms with E-state index in [2.05, 4.69) is 22.8 Å². The van der Waals surface area contributed by atoms with Crippen molar-refractivity contribution in [1.82, 2.24) is 20.4 Å². The normalized spacial score (nSPS) is 15.1. The van der Waals surface area contributed by atoms with Crippen molar-refractivity contribution in [2.24, 2.45) is 0 Å². The average molecular weight is 683 g/mol. The Balaban J connectivity index is 1.53. The number of hydrogen-bond acceptors (Lipinski definition) is 6. The van der Waals surface area contributed by atoms with Gasteiger partial charge in [-0.1, -0.05) is 109 Å². The van der Waals surface area contributed by atoms with Gasteiger partial charge in [0.2, 0.25) is 17.7 Å². The lowest BCUT2D eigenvalue weighted by atomic mass is 10.0. The molecule has 3 aromatic rings. The van der Waals surface area contributed by atoms with Crippen LogP contribution in [0.15, 0.2) is 103 Å². The number of aryl methyl sites for hydroxylation is 1. The van der Waals surface area contributed by atoms with Crippen LogP contribution < -0.4 is 10.6 Å². The Morgan fingerprint density at radius 1 is 0.816 bits per heavy atom. The lowest BCUT2D eigenvalue weighted by Crippen LogP contribution is -2.57. The van der Waals surface area contributed by atoms with E-state index in [0.29, 0.717) is 25.3 Å². The summed E-state index contributed by atoms with van der Waals surface area (Å²) in [5.74, 6) is -0.379. The fourth-order valence-electron chi connectivity index (χ4n) is 6.01. The second-order valence-corrected chi connectivity index (χ2v) is 13.7. The van der Waals surface area contributed by atoms with Crippen LogP contribution in [-0.2, 0) is 37.8 Å². The molecule has 1 heterocycles. The highest BCUT2D eigenvalue weighted by Gasteiger charge is 2.34. The summed E-state index contributed by atoms with van der Waals surface area (Å²) in [7, 11) is 1.61. The molecule has 0 saturated carbocycles. The highest BCUT2D eigenvalue weighted by Crippen LogP contribution is 2.19. The van der Waals surface area contributed by atoms with Crippen LogP contribution in [0, 0.1) is 0 Å². The maximum atomic E-state index is 14.4.